The fourth-order valence-electron chi connectivity index (χ4n) is 1.89. The van der Waals surface area contributed by atoms with Gasteiger partial charge in [0.1, 0.15) is 17.9 Å². The number of hydrogen-bond acceptors (Lipinski definition) is 4. The molecule has 0 aromatic heterocycles. The van der Waals surface area contributed by atoms with Gasteiger partial charge in [-0.05, 0) is 25.1 Å². The number of nitriles is 1. The minimum Gasteiger partial charge on any atom is -0.493 e. The van der Waals surface area contributed by atoms with E-state index in [0.717, 1.165) is 0 Å². The highest BCUT2D eigenvalue weighted by atomic mass is 16.5. The molecule has 0 bridgehead atoms. The number of carbonyl (C=O) groups is 1. The van der Waals surface area contributed by atoms with Crippen molar-refractivity contribution < 1.29 is 14.3 Å². The third-order valence-electron chi connectivity index (χ3n) is 2.90. The highest BCUT2D eigenvalue weighted by Crippen LogP contribution is 2.20. The Morgan fingerprint density at radius 2 is 1.86 bits per heavy atom. The second-order valence-corrected chi connectivity index (χ2v) is 4.27. The first-order chi connectivity index (χ1) is 10.3. The van der Waals surface area contributed by atoms with E-state index in [4.69, 9.17) is 14.7 Å². The van der Waals surface area contributed by atoms with Gasteiger partial charge in [-0.25, -0.2) is 4.79 Å². The Kier molecular flexibility index (Phi) is 4.94. The van der Waals surface area contributed by atoms with Crippen LogP contribution in [0.4, 0.5) is 0 Å². The molecule has 2 rings (SSSR count). The summed E-state index contributed by atoms with van der Waals surface area (Å²) in [6, 6.07) is 16.0. The highest BCUT2D eigenvalue weighted by Gasteiger charge is 2.14. The average Bonchev–Trinajstić information content (AvgIpc) is 2.53. The molecular weight excluding hydrogens is 266 g/mol. The van der Waals surface area contributed by atoms with Crippen molar-refractivity contribution in [3.8, 4) is 11.8 Å². The second kappa shape index (κ2) is 7.11. The van der Waals surface area contributed by atoms with E-state index in [1.807, 2.05) is 6.92 Å². The van der Waals surface area contributed by atoms with Gasteiger partial charge >= 0.3 is 5.97 Å². The molecule has 0 spiro atoms. The van der Waals surface area contributed by atoms with E-state index < -0.39 is 5.97 Å². The molecule has 4 heteroatoms. The molecular formula is C17H15NO3. The van der Waals surface area contributed by atoms with Crippen molar-refractivity contribution in [1.82, 2.24) is 0 Å². The zero-order chi connectivity index (χ0) is 15.1. The van der Waals surface area contributed by atoms with Gasteiger partial charge in [-0.2, -0.15) is 5.26 Å². The number of ether oxygens (including phenoxy) is 2. The molecule has 0 radical (unpaired) electrons. The molecule has 0 aliphatic carbocycles. The van der Waals surface area contributed by atoms with Gasteiger partial charge in [-0.15, -0.1) is 0 Å². The number of para-hydroxylation sites is 1. The van der Waals surface area contributed by atoms with E-state index in [1.165, 1.54) is 0 Å². The fraction of sp³-hybridized carbons (Fsp3) is 0.176. The molecule has 21 heavy (non-hydrogen) atoms. The first kappa shape index (κ1) is 14.6. The molecule has 0 amide bonds. The van der Waals surface area contributed by atoms with Gasteiger partial charge in [-0.1, -0.05) is 30.3 Å². The maximum Gasteiger partial charge on any atom is 0.342 e. The number of nitrogens with zero attached hydrogens (tertiary/aromatic N) is 1. The third kappa shape index (κ3) is 3.61. The Hall–Kier alpha value is -2.80. The standard InChI is InChI=1S/C17H15NO3/c1-2-20-16-10-6-5-9-15(16)17(19)21-12-14-8-4-3-7-13(14)11-18/h3-10H,2,12H2,1H3. The molecule has 0 unspecified atom stereocenters. The molecule has 0 aliphatic rings. The Bertz CT molecular complexity index is 674. The number of benzene rings is 2. The van der Waals surface area contributed by atoms with E-state index >= 15 is 0 Å². The van der Waals surface area contributed by atoms with E-state index in [2.05, 4.69) is 6.07 Å². The second-order valence-electron chi connectivity index (χ2n) is 4.27. The van der Waals surface area contributed by atoms with Gasteiger partial charge in [0, 0.05) is 5.56 Å². The summed E-state index contributed by atoms with van der Waals surface area (Å²) in [4.78, 5) is 12.1. The number of hydrogen-bond donors (Lipinski definition) is 0. The van der Waals surface area contributed by atoms with Gasteiger partial charge in [0.05, 0.1) is 18.2 Å². The van der Waals surface area contributed by atoms with Gasteiger partial charge in [0.2, 0.25) is 0 Å². The largest absolute Gasteiger partial charge is 0.493 e. The summed E-state index contributed by atoms with van der Waals surface area (Å²) in [5.41, 5.74) is 1.57. The lowest BCUT2D eigenvalue weighted by Crippen LogP contribution is -2.08. The molecule has 0 aliphatic heterocycles. The Morgan fingerprint density at radius 3 is 2.62 bits per heavy atom. The van der Waals surface area contributed by atoms with Crippen LogP contribution in [0.1, 0.15) is 28.4 Å². The van der Waals surface area contributed by atoms with Crippen LogP contribution in [0.5, 0.6) is 5.75 Å². The van der Waals surface area contributed by atoms with Crippen LogP contribution in [0.2, 0.25) is 0 Å². The zero-order valence-electron chi connectivity index (χ0n) is 11.7. The predicted octanol–water partition coefficient (Wildman–Crippen LogP) is 3.31. The van der Waals surface area contributed by atoms with E-state index in [9.17, 15) is 4.79 Å². The number of esters is 1. The van der Waals surface area contributed by atoms with Crippen LogP contribution >= 0.6 is 0 Å². The topological polar surface area (TPSA) is 59.3 Å². The molecule has 0 fully saturated rings. The summed E-state index contributed by atoms with van der Waals surface area (Å²) in [6.45, 7) is 2.38. The molecule has 0 atom stereocenters. The smallest absolute Gasteiger partial charge is 0.342 e. The van der Waals surface area contributed by atoms with Crippen molar-refractivity contribution in [3.63, 3.8) is 0 Å². The van der Waals surface area contributed by atoms with Gasteiger partial charge < -0.3 is 9.47 Å². The van der Waals surface area contributed by atoms with Crippen molar-refractivity contribution >= 4 is 5.97 Å². The Morgan fingerprint density at radius 1 is 1.14 bits per heavy atom. The van der Waals surface area contributed by atoms with Crippen LogP contribution in [-0.2, 0) is 11.3 Å². The molecule has 0 saturated carbocycles. The lowest BCUT2D eigenvalue weighted by Gasteiger charge is -2.10. The van der Waals surface area contributed by atoms with Crippen molar-refractivity contribution in [2.24, 2.45) is 0 Å². The van der Waals surface area contributed by atoms with Crippen LogP contribution in [0, 0.1) is 11.3 Å². The molecule has 2 aromatic rings. The normalized spacial score (nSPS) is 9.71. The summed E-state index contributed by atoms with van der Waals surface area (Å²) in [6.07, 6.45) is 0. The molecule has 106 valence electrons. The van der Waals surface area contributed by atoms with E-state index in [0.29, 0.717) is 29.0 Å². The van der Waals surface area contributed by atoms with Crippen molar-refractivity contribution in [1.29, 1.82) is 5.26 Å². The number of rotatable bonds is 5. The van der Waals surface area contributed by atoms with Crippen LogP contribution in [0.15, 0.2) is 48.5 Å². The van der Waals surface area contributed by atoms with Crippen molar-refractivity contribution in [2.45, 2.75) is 13.5 Å². The Balaban J connectivity index is 2.11. The van der Waals surface area contributed by atoms with E-state index in [-0.39, 0.29) is 6.61 Å². The zero-order valence-corrected chi connectivity index (χ0v) is 11.7. The van der Waals surface area contributed by atoms with Gasteiger partial charge in [0.25, 0.3) is 0 Å². The highest BCUT2D eigenvalue weighted by molar-refractivity contribution is 5.92. The third-order valence-corrected chi connectivity index (χ3v) is 2.90. The lowest BCUT2D eigenvalue weighted by molar-refractivity contribution is 0.0468. The summed E-state index contributed by atoms with van der Waals surface area (Å²) in [7, 11) is 0. The van der Waals surface area contributed by atoms with Crippen LogP contribution in [0.25, 0.3) is 0 Å². The maximum atomic E-state index is 12.1. The fourth-order valence-corrected chi connectivity index (χ4v) is 1.89. The monoisotopic (exact) mass is 281 g/mol. The van der Waals surface area contributed by atoms with Crippen LogP contribution in [-0.4, -0.2) is 12.6 Å². The first-order valence-electron chi connectivity index (χ1n) is 6.63. The maximum absolute atomic E-state index is 12.1. The lowest BCUT2D eigenvalue weighted by atomic mass is 10.1. The quantitative estimate of drug-likeness (QED) is 0.789. The van der Waals surface area contributed by atoms with Crippen LogP contribution in [0.3, 0.4) is 0 Å². The minimum absolute atomic E-state index is 0.0586. The van der Waals surface area contributed by atoms with Crippen LogP contribution < -0.4 is 4.74 Å². The molecule has 2 aromatic carbocycles. The molecule has 0 N–H and O–H groups in total. The summed E-state index contributed by atoms with van der Waals surface area (Å²) < 4.78 is 10.7. The minimum atomic E-state index is -0.466. The van der Waals surface area contributed by atoms with E-state index in [1.54, 1.807) is 48.5 Å². The number of carbonyl (C=O) groups excluding carboxylic acids is 1. The van der Waals surface area contributed by atoms with Gasteiger partial charge in [-0.3, -0.25) is 0 Å². The summed E-state index contributed by atoms with van der Waals surface area (Å²) >= 11 is 0. The first-order valence-corrected chi connectivity index (χ1v) is 6.63. The molecule has 4 nitrogen and oxygen atoms in total. The van der Waals surface area contributed by atoms with Crippen molar-refractivity contribution in [2.75, 3.05) is 6.61 Å². The van der Waals surface area contributed by atoms with Crippen molar-refractivity contribution in [3.05, 3.63) is 65.2 Å². The average molecular weight is 281 g/mol. The summed E-state index contributed by atoms with van der Waals surface area (Å²) in [5, 5.41) is 9.00. The molecule has 0 saturated heterocycles. The van der Waals surface area contributed by atoms with Gasteiger partial charge in [0.15, 0.2) is 0 Å². The summed E-state index contributed by atoms with van der Waals surface area (Å²) in [5.74, 6) is 0.0327. The Labute approximate surface area is 123 Å². The predicted molar refractivity (Wildman–Crippen MR) is 77.9 cm³/mol. The molecule has 0 heterocycles. The SMILES string of the molecule is CCOc1ccccc1C(=O)OCc1ccccc1C#N.